The zero-order chi connectivity index (χ0) is 20.1. The lowest BCUT2D eigenvalue weighted by Gasteiger charge is -2.22. The number of carbonyl (C=O) groups excluding carboxylic acids is 1. The van der Waals surface area contributed by atoms with E-state index in [1.807, 2.05) is 54.6 Å². The van der Waals surface area contributed by atoms with E-state index in [0.717, 1.165) is 22.6 Å². The van der Waals surface area contributed by atoms with Crippen LogP contribution in [0.25, 0.3) is 0 Å². The zero-order valence-electron chi connectivity index (χ0n) is 16.1. The van der Waals surface area contributed by atoms with Crippen LogP contribution in [0.1, 0.15) is 35.3 Å². The van der Waals surface area contributed by atoms with Crippen LogP contribution >= 0.6 is 0 Å². The minimum Gasteiger partial charge on any atom is -0.497 e. The molecule has 4 rings (SSSR count). The Kier molecular flexibility index (Phi) is 5.79. The molecule has 0 saturated carbocycles. The standard InChI is InChI=1S/C22H23N5O2/c1-29-17-7-5-15(6-8-17)21(16-9-12-23-13-10-16)25-22(28)20-14-19(26-27-20)18-4-2-3-11-24-18/h2-13,19-21,26-27H,14H2,1H3,(H,25,28). The molecule has 7 nitrogen and oxygen atoms in total. The van der Waals surface area contributed by atoms with Crippen LogP contribution in [0, 0.1) is 0 Å². The minimum absolute atomic E-state index is 0.00712. The summed E-state index contributed by atoms with van der Waals surface area (Å²) in [6.45, 7) is 0. The second kappa shape index (κ2) is 8.81. The van der Waals surface area contributed by atoms with Crippen molar-refractivity contribution in [2.45, 2.75) is 24.5 Å². The number of benzene rings is 1. The summed E-state index contributed by atoms with van der Waals surface area (Å²) in [7, 11) is 1.63. The van der Waals surface area contributed by atoms with Crippen molar-refractivity contribution in [3.63, 3.8) is 0 Å². The van der Waals surface area contributed by atoms with E-state index in [1.54, 1.807) is 25.7 Å². The number of ether oxygens (including phenoxy) is 1. The van der Waals surface area contributed by atoms with Crippen LogP contribution in [-0.4, -0.2) is 29.0 Å². The first-order chi connectivity index (χ1) is 14.2. The van der Waals surface area contributed by atoms with Crippen molar-refractivity contribution >= 4 is 5.91 Å². The number of hydrogen-bond acceptors (Lipinski definition) is 6. The van der Waals surface area contributed by atoms with E-state index in [1.165, 1.54) is 0 Å². The fourth-order valence-electron chi connectivity index (χ4n) is 3.46. The predicted molar refractivity (Wildman–Crippen MR) is 109 cm³/mol. The summed E-state index contributed by atoms with van der Waals surface area (Å²) in [6, 6.07) is 16.6. The van der Waals surface area contributed by atoms with Crippen LogP contribution in [0.4, 0.5) is 0 Å². The molecule has 1 aromatic carbocycles. The number of hydrogen-bond donors (Lipinski definition) is 3. The van der Waals surface area contributed by atoms with Crippen molar-refractivity contribution in [3.05, 3.63) is 90.0 Å². The number of methoxy groups -OCH3 is 1. The van der Waals surface area contributed by atoms with Crippen LogP contribution in [0.2, 0.25) is 0 Å². The first-order valence-corrected chi connectivity index (χ1v) is 9.51. The van der Waals surface area contributed by atoms with Crippen molar-refractivity contribution in [1.29, 1.82) is 0 Å². The normalized spacial score (nSPS) is 19.5. The highest BCUT2D eigenvalue weighted by Gasteiger charge is 2.32. The Bertz CT molecular complexity index is 934. The van der Waals surface area contributed by atoms with Gasteiger partial charge in [-0.25, -0.2) is 10.9 Å². The van der Waals surface area contributed by atoms with Gasteiger partial charge in [0.1, 0.15) is 11.8 Å². The van der Waals surface area contributed by atoms with Gasteiger partial charge in [-0.3, -0.25) is 14.8 Å². The first-order valence-electron chi connectivity index (χ1n) is 9.51. The number of carbonyl (C=O) groups is 1. The molecule has 1 saturated heterocycles. The molecule has 29 heavy (non-hydrogen) atoms. The number of aromatic nitrogens is 2. The average molecular weight is 389 g/mol. The Labute approximate surface area is 169 Å². The third-order valence-electron chi connectivity index (χ3n) is 5.04. The third kappa shape index (κ3) is 4.42. The van der Waals surface area contributed by atoms with Crippen molar-refractivity contribution in [3.8, 4) is 5.75 Å². The highest BCUT2D eigenvalue weighted by atomic mass is 16.5. The monoisotopic (exact) mass is 389 g/mol. The van der Waals surface area contributed by atoms with E-state index in [-0.39, 0.29) is 24.0 Å². The molecule has 0 radical (unpaired) electrons. The van der Waals surface area contributed by atoms with Gasteiger partial charge in [-0.1, -0.05) is 18.2 Å². The summed E-state index contributed by atoms with van der Waals surface area (Å²) < 4.78 is 5.25. The lowest BCUT2D eigenvalue weighted by molar-refractivity contribution is -0.123. The number of nitrogens with zero attached hydrogens (tertiary/aromatic N) is 2. The summed E-state index contributed by atoms with van der Waals surface area (Å²) >= 11 is 0. The van der Waals surface area contributed by atoms with E-state index in [9.17, 15) is 4.79 Å². The largest absolute Gasteiger partial charge is 0.497 e. The minimum atomic E-state index is -0.357. The van der Waals surface area contributed by atoms with Gasteiger partial charge < -0.3 is 10.1 Å². The van der Waals surface area contributed by atoms with E-state index < -0.39 is 0 Å². The van der Waals surface area contributed by atoms with Crippen molar-refractivity contribution < 1.29 is 9.53 Å². The maximum atomic E-state index is 13.0. The second-order valence-corrected chi connectivity index (χ2v) is 6.88. The predicted octanol–water partition coefficient (Wildman–Crippen LogP) is 2.30. The topological polar surface area (TPSA) is 88.2 Å². The Morgan fingerprint density at radius 2 is 1.79 bits per heavy atom. The van der Waals surface area contributed by atoms with E-state index in [0.29, 0.717) is 6.42 Å². The zero-order valence-corrected chi connectivity index (χ0v) is 16.1. The molecule has 1 aliphatic rings. The van der Waals surface area contributed by atoms with E-state index >= 15 is 0 Å². The summed E-state index contributed by atoms with van der Waals surface area (Å²) in [6.07, 6.45) is 5.83. The molecule has 3 aromatic rings. The molecule has 1 amide bonds. The molecular weight excluding hydrogens is 366 g/mol. The molecule has 2 aromatic heterocycles. The molecule has 148 valence electrons. The van der Waals surface area contributed by atoms with E-state index in [4.69, 9.17) is 4.74 Å². The van der Waals surface area contributed by atoms with Crippen LogP contribution in [0.15, 0.2) is 73.2 Å². The maximum absolute atomic E-state index is 13.0. The summed E-state index contributed by atoms with van der Waals surface area (Å²) in [5.74, 6) is 0.696. The third-order valence-corrected chi connectivity index (χ3v) is 5.04. The molecule has 0 bridgehead atoms. The molecule has 0 spiro atoms. The van der Waals surface area contributed by atoms with Crippen LogP contribution in [-0.2, 0) is 4.79 Å². The molecule has 1 fully saturated rings. The number of amides is 1. The Morgan fingerprint density at radius 1 is 1.03 bits per heavy atom. The van der Waals surface area contributed by atoms with Crippen molar-refractivity contribution in [2.75, 3.05) is 7.11 Å². The summed E-state index contributed by atoms with van der Waals surface area (Å²) in [5, 5.41) is 3.17. The van der Waals surface area contributed by atoms with Gasteiger partial charge >= 0.3 is 0 Å². The fourth-order valence-corrected chi connectivity index (χ4v) is 3.46. The highest BCUT2D eigenvalue weighted by Crippen LogP contribution is 2.25. The fraction of sp³-hybridized carbons (Fsp3) is 0.227. The number of hydrazine groups is 1. The lowest BCUT2D eigenvalue weighted by Crippen LogP contribution is -2.44. The van der Waals surface area contributed by atoms with Gasteiger partial charge in [0.05, 0.1) is 24.9 Å². The molecule has 3 atom stereocenters. The van der Waals surface area contributed by atoms with Crippen molar-refractivity contribution in [2.24, 2.45) is 0 Å². The van der Waals surface area contributed by atoms with E-state index in [2.05, 4.69) is 26.1 Å². The Morgan fingerprint density at radius 3 is 2.48 bits per heavy atom. The summed E-state index contributed by atoms with van der Waals surface area (Å²) in [4.78, 5) is 21.5. The van der Waals surface area contributed by atoms with Crippen molar-refractivity contribution in [1.82, 2.24) is 26.1 Å². The number of pyridine rings is 2. The Balaban J connectivity index is 1.51. The molecule has 1 aliphatic heterocycles. The molecule has 0 aliphatic carbocycles. The average Bonchev–Trinajstić information content (AvgIpc) is 3.29. The summed E-state index contributed by atoms with van der Waals surface area (Å²) in [5.41, 5.74) is 9.12. The maximum Gasteiger partial charge on any atom is 0.239 e. The van der Waals surface area contributed by atoms with Gasteiger partial charge in [0.2, 0.25) is 5.91 Å². The van der Waals surface area contributed by atoms with Gasteiger partial charge in [0, 0.05) is 18.6 Å². The number of nitrogens with one attached hydrogen (secondary N) is 3. The first kappa shape index (κ1) is 19.0. The SMILES string of the molecule is COc1ccc(C(NC(=O)C2CC(c3ccccn3)NN2)c2ccncc2)cc1. The molecule has 7 heteroatoms. The van der Waals surface area contributed by atoms with Gasteiger partial charge in [0.15, 0.2) is 0 Å². The van der Waals surface area contributed by atoms with Crippen LogP contribution in [0.3, 0.4) is 0 Å². The Hall–Kier alpha value is -3.29. The second-order valence-electron chi connectivity index (χ2n) is 6.88. The molecule has 3 heterocycles. The highest BCUT2D eigenvalue weighted by molar-refractivity contribution is 5.83. The van der Waals surface area contributed by atoms with Gasteiger partial charge in [0.25, 0.3) is 0 Å². The van der Waals surface area contributed by atoms with Crippen LogP contribution in [0.5, 0.6) is 5.75 Å². The quantitative estimate of drug-likeness (QED) is 0.600. The van der Waals surface area contributed by atoms with Gasteiger partial charge in [-0.2, -0.15) is 0 Å². The van der Waals surface area contributed by atoms with Gasteiger partial charge in [-0.15, -0.1) is 0 Å². The smallest absolute Gasteiger partial charge is 0.239 e. The van der Waals surface area contributed by atoms with Crippen LogP contribution < -0.4 is 20.9 Å². The number of rotatable bonds is 6. The molecular formula is C22H23N5O2. The lowest BCUT2D eigenvalue weighted by atomic mass is 9.98. The van der Waals surface area contributed by atoms with Gasteiger partial charge in [-0.05, 0) is 53.9 Å². The molecule has 3 unspecified atom stereocenters. The molecule has 3 N–H and O–H groups in total.